The highest BCUT2D eigenvalue weighted by Crippen LogP contribution is 2.27. The lowest BCUT2D eigenvalue weighted by atomic mass is 9.99. The quantitative estimate of drug-likeness (QED) is 0.875. The predicted molar refractivity (Wildman–Crippen MR) is 80.2 cm³/mol. The standard InChI is InChI=1S/C15H26N2S/c1-4-6-14-10-17(15(5-2)9-16-14)12(3)13-7-8-18-11-13/h7-8,11-12,14-16H,4-6,9-10H2,1-3H3. The average molecular weight is 266 g/mol. The van der Waals surface area contributed by atoms with Gasteiger partial charge >= 0.3 is 0 Å². The summed E-state index contributed by atoms with van der Waals surface area (Å²) in [6.45, 7) is 9.29. The lowest BCUT2D eigenvalue weighted by Gasteiger charge is -2.43. The van der Waals surface area contributed by atoms with Crippen molar-refractivity contribution < 1.29 is 0 Å². The van der Waals surface area contributed by atoms with E-state index in [9.17, 15) is 0 Å². The Morgan fingerprint density at radius 2 is 2.33 bits per heavy atom. The molecule has 1 aromatic rings. The van der Waals surface area contributed by atoms with Gasteiger partial charge in [-0.1, -0.05) is 20.3 Å². The van der Waals surface area contributed by atoms with Crippen LogP contribution in [0.15, 0.2) is 16.8 Å². The van der Waals surface area contributed by atoms with Gasteiger partial charge in [-0.3, -0.25) is 4.90 Å². The molecular weight excluding hydrogens is 240 g/mol. The number of piperazine rings is 1. The van der Waals surface area contributed by atoms with Gasteiger partial charge in [0.1, 0.15) is 0 Å². The van der Waals surface area contributed by atoms with E-state index >= 15 is 0 Å². The van der Waals surface area contributed by atoms with Gasteiger partial charge in [-0.05, 0) is 42.2 Å². The van der Waals surface area contributed by atoms with Crippen LogP contribution in [0.5, 0.6) is 0 Å². The van der Waals surface area contributed by atoms with E-state index in [0.717, 1.165) is 6.54 Å². The van der Waals surface area contributed by atoms with Crippen molar-refractivity contribution in [2.24, 2.45) is 0 Å². The van der Waals surface area contributed by atoms with Crippen LogP contribution in [0.3, 0.4) is 0 Å². The van der Waals surface area contributed by atoms with Crippen LogP contribution in [0.4, 0.5) is 0 Å². The van der Waals surface area contributed by atoms with Crippen LogP contribution in [0, 0.1) is 0 Å². The van der Waals surface area contributed by atoms with Crippen molar-refractivity contribution >= 4 is 11.3 Å². The summed E-state index contributed by atoms with van der Waals surface area (Å²) in [5.74, 6) is 0. The van der Waals surface area contributed by atoms with Crippen LogP contribution in [-0.2, 0) is 0 Å². The monoisotopic (exact) mass is 266 g/mol. The van der Waals surface area contributed by atoms with Gasteiger partial charge in [-0.25, -0.2) is 0 Å². The Labute approximate surface area is 115 Å². The molecule has 18 heavy (non-hydrogen) atoms. The highest BCUT2D eigenvalue weighted by molar-refractivity contribution is 7.07. The van der Waals surface area contributed by atoms with E-state index in [-0.39, 0.29) is 0 Å². The van der Waals surface area contributed by atoms with Crippen LogP contribution in [0.1, 0.15) is 51.6 Å². The summed E-state index contributed by atoms with van der Waals surface area (Å²) >= 11 is 1.81. The second-order valence-electron chi connectivity index (χ2n) is 5.39. The molecule has 2 rings (SSSR count). The summed E-state index contributed by atoms with van der Waals surface area (Å²) in [6.07, 6.45) is 3.80. The number of hydrogen-bond acceptors (Lipinski definition) is 3. The van der Waals surface area contributed by atoms with Crippen molar-refractivity contribution in [3.63, 3.8) is 0 Å². The van der Waals surface area contributed by atoms with Gasteiger partial charge in [0.05, 0.1) is 0 Å². The molecule has 3 unspecified atom stereocenters. The van der Waals surface area contributed by atoms with E-state index in [0.29, 0.717) is 18.1 Å². The van der Waals surface area contributed by atoms with Crippen molar-refractivity contribution in [3.8, 4) is 0 Å². The second kappa shape index (κ2) is 6.69. The molecule has 1 saturated heterocycles. The molecule has 1 N–H and O–H groups in total. The van der Waals surface area contributed by atoms with Gasteiger partial charge in [0.15, 0.2) is 0 Å². The molecule has 0 bridgehead atoms. The fourth-order valence-electron chi connectivity index (χ4n) is 2.99. The zero-order valence-corrected chi connectivity index (χ0v) is 12.7. The summed E-state index contributed by atoms with van der Waals surface area (Å²) in [5, 5.41) is 8.20. The summed E-state index contributed by atoms with van der Waals surface area (Å²) in [4.78, 5) is 2.71. The maximum Gasteiger partial charge on any atom is 0.0332 e. The number of thiophene rings is 1. The van der Waals surface area contributed by atoms with Crippen molar-refractivity contribution in [2.75, 3.05) is 13.1 Å². The third-order valence-corrected chi connectivity index (χ3v) is 4.88. The average Bonchev–Trinajstić information content (AvgIpc) is 2.92. The minimum atomic E-state index is 0.558. The normalized spacial score (nSPS) is 27.3. The largest absolute Gasteiger partial charge is 0.311 e. The molecule has 0 amide bonds. The minimum absolute atomic E-state index is 0.558. The molecule has 1 aromatic heterocycles. The van der Waals surface area contributed by atoms with E-state index in [2.05, 4.69) is 47.8 Å². The van der Waals surface area contributed by atoms with Crippen LogP contribution in [-0.4, -0.2) is 30.1 Å². The molecule has 0 spiro atoms. The Bertz CT molecular complexity index is 336. The van der Waals surface area contributed by atoms with Crippen molar-refractivity contribution in [1.29, 1.82) is 0 Å². The number of nitrogens with one attached hydrogen (secondary N) is 1. The summed E-state index contributed by atoms with van der Waals surface area (Å²) in [6, 6.07) is 4.20. The smallest absolute Gasteiger partial charge is 0.0332 e. The molecule has 0 aromatic carbocycles. The maximum absolute atomic E-state index is 3.71. The first kappa shape index (κ1) is 14.0. The Hall–Kier alpha value is -0.380. The predicted octanol–water partition coefficient (Wildman–Crippen LogP) is 3.66. The molecule has 1 fully saturated rings. The van der Waals surface area contributed by atoms with Gasteiger partial charge in [0, 0.05) is 31.2 Å². The van der Waals surface area contributed by atoms with E-state index in [1.54, 1.807) is 0 Å². The first-order valence-corrected chi connectivity index (χ1v) is 8.21. The van der Waals surface area contributed by atoms with Crippen molar-refractivity contribution in [3.05, 3.63) is 22.4 Å². The van der Waals surface area contributed by atoms with Gasteiger partial charge < -0.3 is 5.32 Å². The summed E-state index contributed by atoms with van der Waals surface area (Å²) < 4.78 is 0. The first-order chi connectivity index (χ1) is 8.76. The highest BCUT2D eigenvalue weighted by atomic mass is 32.1. The van der Waals surface area contributed by atoms with E-state index in [1.807, 2.05) is 11.3 Å². The molecule has 3 heteroatoms. The van der Waals surface area contributed by atoms with E-state index in [1.165, 1.54) is 31.4 Å². The molecule has 102 valence electrons. The van der Waals surface area contributed by atoms with Crippen LogP contribution in [0.25, 0.3) is 0 Å². The van der Waals surface area contributed by atoms with E-state index < -0.39 is 0 Å². The summed E-state index contributed by atoms with van der Waals surface area (Å²) in [5.41, 5.74) is 1.48. The van der Waals surface area contributed by atoms with Gasteiger partial charge in [0.25, 0.3) is 0 Å². The lowest BCUT2D eigenvalue weighted by molar-refractivity contribution is 0.0837. The Kier molecular flexibility index (Phi) is 5.22. The van der Waals surface area contributed by atoms with Crippen LogP contribution < -0.4 is 5.32 Å². The lowest BCUT2D eigenvalue weighted by Crippen LogP contribution is -2.56. The van der Waals surface area contributed by atoms with Crippen molar-refractivity contribution in [2.45, 2.75) is 58.2 Å². The second-order valence-corrected chi connectivity index (χ2v) is 6.17. The van der Waals surface area contributed by atoms with Crippen LogP contribution in [0.2, 0.25) is 0 Å². The number of nitrogens with zero attached hydrogens (tertiary/aromatic N) is 1. The highest BCUT2D eigenvalue weighted by Gasteiger charge is 2.30. The molecule has 0 saturated carbocycles. The summed E-state index contributed by atoms with van der Waals surface area (Å²) in [7, 11) is 0. The zero-order chi connectivity index (χ0) is 13.0. The topological polar surface area (TPSA) is 15.3 Å². The molecule has 1 aliphatic rings. The SMILES string of the molecule is CCCC1CN(C(C)c2ccsc2)C(CC)CN1. The Morgan fingerprint density at radius 3 is 2.94 bits per heavy atom. The molecule has 2 nitrogen and oxygen atoms in total. The van der Waals surface area contributed by atoms with Gasteiger partial charge in [0.2, 0.25) is 0 Å². The van der Waals surface area contributed by atoms with Crippen LogP contribution >= 0.6 is 11.3 Å². The molecule has 1 aliphatic heterocycles. The molecule has 0 radical (unpaired) electrons. The van der Waals surface area contributed by atoms with Crippen molar-refractivity contribution in [1.82, 2.24) is 10.2 Å². The van der Waals surface area contributed by atoms with Gasteiger partial charge in [-0.2, -0.15) is 11.3 Å². The molecule has 2 heterocycles. The molecule has 0 aliphatic carbocycles. The van der Waals surface area contributed by atoms with Gasteiger partial charge in [-0.15, -0.1) is 0 Å². The zero-order valence-electron chi connectivity index (χ0n) is 11.9. The molecule has 3 atom stereocenters. The third kappa shape index (κ3) is 3.14. The van der Waals surface area contributed by atoms with E-state index in [4.69, 9.17) is 0 Å². The number of rotatable bonds is 5. The molecular formula is C15H26N2S. The fourth-order valence-corrected chi connectivity index (χ4v) is 3.73. The maximum atomic E-state index is 3.71. The third-order valence-electron chi connectivity index (χ3n) is 4.17. The Morgan fingerprint density at radius 1 is 1.50 bits per heavy atom. The number of hydrogen-bond donors (Lipinski definition) is 1. The Balaban J connectivity index is 2.06. The first-order valence-electron chi connectivity index (χ1n) is 7.27. The fraction of sp³-hybridized carbons (Fsp3) is 0.733. The minimum Gasteiger partial charge on any atom is -0.311 e.